The monoisotopic (exact) mass is 545 g/mol. The van der Waals surface area contributed by atoms with Gasteiger partial charge in [0.05, 0.1) is 9.95 Å². The summed E-state index contributed by atoms with van der Waals surface area (Å²) < 4.78 is 4.95. The summed E-state index contributed by atoms with van der Waals surface area (Å²) in [6, 6.07) is 8.13. The Morgan fingerprint density at radius 1 is 1.14 bits per heavy atom. The number of hydrogen-bond donors (Lipinski definition) is 0. The molecule has 0 N–H and O–H groups in total. The second-order valence-electron chi connectivity index (χ2n) is 9.57. The topological polar surface area (TPSA) is 105 Å². The van der Waals surface area contributed by atoms with E-state index in [0.717, 1.165) is 69.7 Å². The fourth-order valence-electron chi connectivity index (χ4n) is 5.49. The summed E-state index contributed by atoms with van der Waals surface area (Å²) in [4.78, 5) is 26.4. The molecule has 12 heteroatoms. The number of nitro groups is 1. The van der Waals surface area contributed by atoms with E-state index in [1.807, 2.05) is 18.2 Å². The van der Waals surface area contributed by atoms with E-state index < -0.39 is 4.92 Å². The van der Waals surface area contributed by atoms with Gasteiger partial charge in [-0.05, 0) is 50.0 Å². The number of pyridine rings is 1. The first-order chi connectivity index (χ1) is 17.9. The van der Waals surface area contributed by atoms with Crippen molar-refractivity contribution in [3.8, 4) is 11.4 Å². The van der Waals surface area contributed by atoms with Crippen molar-refractivity contribution in [2.45, 2.75) is 44.8 Å². The molecular weight excluding hydrogens is 517 g/mol. The number of hydrogen-bond acceptors (Lipinski definition) is 9. The summed E-state index contributed by atoms with van der Waals surface area (Å²) in [5.74, 6) is 1.18. The lowest BCUT2D eigenvalue weighted by molar-refractivity contribution is -0.385. The van der Waals surface area contributed by atoms with E-state index in [9.17, 15) is 10.1 Å². The van der Waals surface area contributed by atoms with Crippen LogP contribution in [0.1, 0.15) is 31.7 Å². The van der Waals surface area contributed by atoms with Crippen LogP contribution in [0.5, 0.6) is 0 Å². The van der Waals surface area contributed by atoms with Gasteiger partial charge in [0.15, 0.2) is 0 Å². The zero-order valence-corrected chi connectivity index (χ0v) is 22.1. The summed E-state index contributed by atoms with van der Waals surface area (Å²) in [5.41, 5.74) is 1.95. The molecule has 0 radical (unpaired) electrons. The lowest BCUT2D eigenvalue weighted by atomic mass is 9.97. The molecule has 3 aromatic rings. The van der Waals surface area contributed by atoms with E-state index in [2.05, 4.69) is 36.7 Å². The van der Waals surface area contributed by atoms with Crippen LogP contribution in [-0.4, -0.2) is 74.7 Å². The molecule has 2 fully saturated rings. The fourth-order valence-corrected chi connectivity index (χ4v) is 5.95. The van der Waals surface area contributed by atoms with Gasteiger partial charge >= 0.3 is 0 Å². The number of aromatic nitrogens is 3. The molecule has 0 spiro atoms. The molecule has 0 aliphatic carbocycles. The normalized spacial score (nSPS) is 19.9. The summed E-state index contributed by atoms with van der Waals surface area (Å²) in [6.45, 7) is 7.54. The van der Waals surface area contributed by atoms with Crippen molar-refractivity contribution in [2.24, 2.45) is 0 Å². The molecule has 0 saturated carbocycles. The second kappa shape index (κ2) is 11.3. The van der Waals surface area contributed by atoms with Gasteiger partial charge < -0.3 is 9.42 Å². The Labute approximate surface area is 225 Å². The van der Waals surface area contributed by atoms with Crippen LogP contribution in [-0.2, 0) is 6.54 Å². The van der Waals surface area contributed by atoms with Gasteiger partial charge in [0.2, 0.25) is 12.2 Å². The molecule has 37 heavy (non-hydrogen) atoms. The molecule has 0 amide bonds. The van der Waals surface area contributed by atoms with Crippen LogP contribution < -0.4 is 4.90 Å². The Hall–Kier alpha value is -2.79. The Balaban J connectivity index is 1.20. The molecule has 196 valence electrons. The molecule has 2 aliphatic heterocycles. The highest BCUT2D eigenvalue weighted by atomic mass is 35.5. The average Bonchev–Trinajstić information content (AvgIpc) is 3.45. The molecule has 4 heterocycles. The van der Waals surface area contributed by atoms with Crippen molar-refractivity contribution in [3.05, 3.63) is 62.6 Å². The molecule has 0 unspecified atom stereocenters. The number of piperazine rings is 1. The van der Waals surface area contributed by atoms with E-state index in [-0.39, 0.29) is 5.69 Å². The van der Waals surface area contributed by atoms with Crippen molar-refractivity contribution < 1.29 is 9.45 Å². The molecule has 1 aromatic carbocycles. The number of nitrogens with zero attached hydrogens (tertiary/aromatic N) is 7. The van der Waals surface area contributed by atoms with Crippen molar-refractivity contribution in [1.29, 1.82) is 0 Å². The Morgan fingerprint density at radius 2 is 1.95 bits per heavy atom. The summed E-state index contributed by atoms with van der Waals surface area (Å²) in [6.07, 6.45) is 5.83. The lowest BCUT2D eigenvalue weighted by Crippen LogP contribution is -2.58. The smallest absolute Gasteiger partial charge is 0.289 e. The van der Waals surface area contributed by atoms with E-state index >= 15 is 0 Å². The lowest BCUT2D eigenvalue weighted by Gasteiger charge is -2.47. The van der Waals surface area contributed by atoms with Crippen LogP contribution in [0.4, 0.5) is 11.5 Å². The summed E-state index contributed by atoms with van der Waals surface area (Å²) in [5, 5.41) is 16.0. The van der Waals surface area contributed by atoms with Gasteiger partial charge in [-0.1, -0.05) is 41.3 Å². The van der Waals surface area contributed by atoms with Gasteiger partial charge in [0, 0.05) is 54.9 Å². The van der Waals surface area contributed by atoms with Gasteiger partial charge in [-0.2, -0.15) is 4.98 Å². The minimum absolute atomic E-state index is 0.0887. The van der Waals surface area contributed by atoms with Gasteiger partial charge in [-0.3, -0.25) is 19.9 Å². The number of rotatable bonds is 7. The minimum atomic E-state index is -0.471. The molecule has 1 atom stereocenters. The minimum Gasteiger partial charge on any atom is -0.353 e. The number of likely N-dealkylation sites (tertiary alicyclic amines) is 1. The van der Waals surface area contributed by atoms with Crippen LogP contribution >= 0.6 is 23.2 Å². The Kier molecular flexibility index (Phi) is 7.89. The van der Waals surface area contributed by atoms with Gasteiger partial charge in [0.25, 0.3) is 5.69 Å². The maximum atomic E-state index is 11.0. The Morgan fingerprint density at radius 3 is 2.62 bits per heavy atom. The number of benzene rings is 1. The number of anilines is 1. The quantitative estimate of drug-likeness (QED) is 0.302. The van der Waals surface area contributed by atoms with Crippen LogP contribution in [0.3, 0.4) is 0 Å². The molecular formula is C25H29Cl2N7O3. The predicted octanol–water partition coefficient (Wildman–Crippen LogP) is 4.91. The molecule has 2 aromatic heterocycles. The van der Waals surface area contributed by atoms with Gasteiger partial charge in [0.1, 0.15) is 12.0 Å². The largest absolute Gasteiger partial charge is 0.353 e. The summed E-state index contributed by atoms with van der Waals surface area (Å²) in [7, 11) is 0. The maximum absolute atomic E-state index is 11.0. The predicted molar refractivity (Wildman–Crippen MR) is 142 cm³/mol. The third-order valence-electron chi connectivity index (χ3n) is 7.41. The van der Waals surface area contributed by atoms with E-state index in [1.165, 1.54) is 18.7 Å². The first-order valence-electron chi connectivity index (χ1n) is 12.5. The SMILES string of the molecule is CC[C@H]1CN(c2ncc([N+](=O)[O-])cc2Cl)CCN1C1CCN(Cc2ccc(Cl)cc2-c2ncon2)CC1. The van der Waals surface area contributed by atoms with Crippen LogP contribution in [0.15, 0.2) is 41.4 Å². The van der Waals surface area contributed by atoms with E-state index in [0.29, 0.717) is 33.8 Å². The van der Waals surface area contributed by atoms with Crippen LogP contribution in [0, 0.1) is 10.1 Å². The second-order valence-corrected chi connectivity index (χ2v) is 10.4. The third-order valence-corrected chi connectivity index (χ3v) is 7.92. The summed E-state index contributed by atoms with van der Waals surface area (Å²) >= 11 is 12.6. The highest BCUT2D eigenvalue weighted by Crippen LogP contribution is 2.32. The van der Waals surface area contributed by atoms with Crippen molar-refractivity contribution >= 4 is 34.7 Å². The highest BCUT2D eigenvalue weighted by Gasteiger charge is 2.34. The molecule has 5 rings (SSSR count). The number of piperidine rings is 1. The van der Waals surface area contributed by atoms with Gasteiger partial charge in [-0.25, -0.2) is 4.98 Å². The van der Waals surface area contributed by atoms with E-state index in [1.54, 1.807) is 0 Å². The molecule has 2 saturated heterocycles. The standard InChI is InChI=1S/C25H29Cl2N7O3/c1-2-19-15-32(25-23(27)12-21(13-28-25)34(35)36)9-10-33(19)20-5-7-31(8-6-20)14-17-3-4-18(26)11-22(17)24-29-16-37-30-24/h3-4,11-13,16,19-20H,2,5-10,14-15H2,1H3/t19-/m0/s1. The molecule has 2 aliphatic rings. The first-order valence-corrected chi connectivity index (χ1v) is 13.3. The van der Waals surface area contributed by atoms with Gasteiger partial charge in [-0.15, -0.1) is 0 Å². The zero-order chi connectivity index (χ0) is 25.9. The fraction of sp³-hybridized carbons (Fsp3) is 0.480. The molecule has 0 bridgehead atoms. The highest BCUT2D eigenvalue weighted by molar-refractivity contribution is 6.33. The van der Waals surface area contributed by atoms with Crippen molar-refractivity contribution in [1.82, 2.24) is 24.9 Å². The van der Waals surface area contributed by atoms with Crippen LogP contribution in [0.25, 0.3) is 11.4 Å². The third kappa shape index (κ3) is 5.72. The maximum Gasteiger partial charge on any atom is 0.289 e. The van der Waals surface area contributed by atoms with E-state index in [4.69, 9.17) is 27.7 Å². The van der Waals surface area contributed by atoms with Crippen molar-refractivity contribution in [3.63, 3.8) is 0 Å². The zero-order valence-electron chi connectivity index (χ0n) is 20.6. The number of halogens is 2. The first kappa shape index (κ1) is 25.8. The van der Waals surface area contributed by atoms with Crippen LogP contribution in [0.2, 0.25) is 10.0 Å². The Bertz CT molecular complexity index is 1240. The molecule has 10 nitrogen and oxygen atoms in total. The van der Waals surface area contributed by atoms with Crippen molar-refractivity contribution in [2.75, 3.05) is 37.6 Å². The average molecular weight is 546 g/mol.